The molecule has 1 aliphatic rings. The molecule has 4 heterocycles. The van der Waals surface area contributed by atoms with Crippen molar-refractivity contribution in [1.82, 2.24) is 9.55 Å². The summed E-state index contributed by atoms with van der Waals surface area (Å²) in [5, 5.41) is 2.16. The maximum Gasteiger partial charge on any atom is 0.286 e. The van der Waals surface area contributed by atoms with E-state index in [0.717, 1.165) is 21.7 Å². The molecule has 0 radical (unpaired) electrons. The number of pyridine rings is 1. The van der Waals surface area contributed by atoms with E-state index in [4.69, 9.17) is 4.42 Å². The average Bonchev–Trinajstić information content (AvgIpc) is 3.18. The molecule has 0 saturated carbocycles. The van der Waals surface area contributed by atoms with Crippen LogP contribution in [0.5, 0.6) is 0 Å². The number of benzene rings is 1. The number of fused-ring (bicyclic) bond motifs is 3. The Balaban J connectivity index is 1.69. The topological polar surface area (TPSA) is 34.2 Å². The molecule has 0 amide bonds. The maximum atomic E-state index is 6.02. The van der Waals surface area contributed by atoms with Crippen LogP contribution in [0.15, 0.2) is 53.1 Å². The first-order valence-corrected chi connectivity index (χ1v) is 9.65. The molecular weight excluding hydrogens is 345 g/mol. The van der Waals surface area contributed by atoms with Gasteiger partial charge in [-0.15, -0.1) is 0 Å². The Hall–Kier alpha value is -3.21. The summed E-state index contributed by atoms with van der Waals surface area (Å²) >= 11 is 0. The molecule has 0 spiro atoms. The second-order valence-corrected chi connectivity index (χ2v) is 7.56. The summed E-state index contributed by atoms with van der Waals surface area (Å²) in [6.07, 6.45) is 4.44. The second kappa shape index (κ2) is 6.16. The van der Waals surface area contributed by atoms with Gasteiger partial charge in [0.05, 0.1) is 5.69 Å². The molecule has 0 fully saturated rings. The predicted octanol–water partition coefficient (Wildman–Crippen LogP) is 3.74. The van der Waals surface area contributed by atoms with Crippen LogP contribution in [0.1, 0.15) is 17.0 Å². The summed E-state index contributed by atoms with van der Waals surface area (Å²) < 4.78 is 8.29. The van der Waals surface area contributed by atoms with Gasteiger partial charge in [0.2, 0.25) is 5.71 Å². The van der Waals surface area contributed by atoms with E-state index in [0.29, 0.717) is 5.71 Å². The zero-order valence-corrected chi connectivity index (χ0v) is 16.6. The smallest absolute Gasteiger partial charge is 0.286 e. The predicted molar refractivity (Wildman–Crippen MR) is 116 cm³/mol. The van der Waals surface area contributed by atoms with Crippen LogP contribution in [-0.4, -0.2) is 16.4 Å². The third-order valence-corrected chi connectivity index (χ3v) is 5.71. The molecule has 0 bridgehead atoms. The van der Waals surface area contributed by atoms with Crippen LogP contribution in [0, 0.1) is 20.8 Å². The SMILES string of the molecule is CB1C=c2oc3nc(C)ccc3c2=CN1c1cn(-c2ccccc2)c(C)c1C. The van der Waals surface area contributed by atoms with Gasteiger partial charge in [0, 0.05) is 40.1 Å². The zero-order chi connectivity index (χ0) is 19.4. The van der Waals surface area contributed by atoms with Crippen LogP contribution < -0.4 is 15.4 Å². The van der Waals surface area contributed by atoms with Crippen molar-refractivity contribution in [2.24, 2.45) is 0 Å². The summed E-state index contributed by atoms with van der Waals surface area (Å²) in [6, 6.07) is 14.6. The Morgan fingerprint density at radius 2 is 1.79 bits per heavy atom. The van der Waals surface area contributed by atoms with E-state index in [1.165, 1.54) is 22.6 Å². The first-order valence-electron chi connectivity index (χ1n) is 9.65. The number of aryl methyl sites for hydroxylation is 1. The Labute approximate surface area is 164 Å². The minimum Gasteiger partial charge on any atom is -0.439 e. The molecule has 0 aliphatic carbocycles. The molecule has 1 aromatic carbocycles. The number of hydrogen-bond acceptors (Lipinski definition) is 3. The van der Waals surface area contributed by atoms with Crippen LogP contribution in [0.3, 0.4) is 0 Å². The summed E-state index contributed by atoms with van der Waals surface area (Å²) in [4.78, 5) is 6.88. The summed E-state index contributed by atoms with van der Waals surface area (Å²) in [7, 11) is 0. The van der Waals surface area contributed by atoms with Crippen molar-refractivity contribution in [2.45, 2.75) is 27.6 Å². The lowest BCUT2D eigenvalue weighted by Crippen LogP contribution is -2.41. The van der Waals surface area contributed by atoms with Crippen molar-refractivity contribution >= 4 is 35.8 Å². The monoisotopic (exact) mass is 367 g/mol. The van der Waals surface area contributed by atoms with Crippen molar-refractivity contribution in [3.8, 4) is 5.69 Å². The lowest BCUT2D eigenvalue weighted by molar-refractivity contribution is 0.564. The van der Waals surface area contributed by atoms with Crippen molar-refractivity contribution in [3.05, 3.63) is 76.2 Å². The highest BCUT2D eigenvalue weighted by Gasteiger charge is 2.24. The number of nitrogens with zero attached hydrogens (tertiary/aromatic N) is 3. The van der Waals surface area contributed by atoms with E-state index in [1.54, 1.807) is 0 Å². The molecule has 5 heteroatoms. The Kier molecular flexibility index (Phi) is 3.73. The Morgan fingerprint density at radius 3 is 2.57 bits per heavy atom. The Morgan fingerprint density at radius 1 is 1.00 bits per heavy atom. The molecule has 4 nitrogen and oxygen atoms in total. The van der Waals surface area contributed by atoms with Gasteiger partial charge in [-0.25, -0.2) is 4.98 Å². The van der Waals surface area contributed by atoms with Gasteiger partial charge in [0.15, 0.2) is 0 Å². The number of para-hydroxylation sites is 1. The molecule has 28 heavy (non-hydrogen) atoms. The molecule has 0 N–H and O–H groups in total. The molecule has 4 aromatic rings. The van der Waals surface area contributed by atoms with Crippen molar-refractivity contribution in [3.63, 3.8) is 0 Å². The van der Waals surface area contributed by atoms with Crippen LogP contribution in [0.25, 0.3) is 29.0 Å². The number of furan rings is 1. The maximum absolute atomic E-state index is 6.02. The number of hydrogen-bond donors (Lipinski definition) is 0. The molecule has 1 aliphatic heterocycles. The molecular formula is C23H22BN3O. The second-order valence-electron chi connectivity index (χ2n) is 7.56. The fraction of sp³-hybridized carbons (Fsp3) is 0.174. The molecule has 0 unspecified atom stereocenters. The lowest BCUT2D eigenvalue weighted by Gasteiger charge is -2.25. The van der Waals surface area contributed by atoms with Gasteiger partial charge in [-0.3, -0.25) is 0 Å². The van der Waals surface area contributed by atoms with Gasteiger partial charge < -0.3 is 13.8 Å². The highest BCUT2D eigenvalue weighted by molar-refractivity contribution is 6.77. The normalized spacial score (nSPS) is 13.4. The molecule has 138 valence electrons. The fourth-order valence-electron chi connectivity index (χ4n) is 4.01. The summed E-state index contributed by atoms with van der Waals surface area (Å²) in [6.45, 7) is 8.74. The number of rotatable bonds is 2. The van der Waals surface area contributed by atoms with Gasteiger partial charge in [0.1, 0.15) is 5.42 Å². The van der Waals surface area contributed by atoms with Gasteiger partial charge in [-0.1, -0.05) is 25.0 Å². The van der Waals surface area contributed by atoms with Crippen LogP contribution in [0.2, 0.25) is 6.82 Å². The van der Waals surface area contributed by atoms with E-state index in [1.807, 2.05) is 19.1 Å². The largest absolute Gasteiger partial charge is 0.439 e. The molecule has 0 saturated heterocycles. The van der Waals surface area contributed by atoms with E-state index in [-0.39, 0.29) is 6.85 Å². The summed E-state index contributed by atoms with van der Waals surface area (Å²) in [5.41, 5.74) is 7.51. The fourth-order valence-corrected chi connectivity index (χ4v) is 4.01. The van der Waals surface area contributed by atoms with Crippen molar-refractivity contribution < 1.29 is 4.42 Å². The van der Waals surface area contributed by atoms with Crippen LogP contribution >= 0.6 is 0 Å². The molecule has 0 atom stereocenters. The van der Waals surface area contributed by atoms with Crippen molar-refractivity contribution in [1.29, 1.82) is 0 Å². The average molecular weight is 367 g/mol. The van der Waals surface area contributed by atoms with Gasteiger partial charge in [-0.05, 0) is 56.6 Å². The van der Waals surface area contributed by atoms with E-state index >= 15 is 0 Å². The third-order valence-electron chi connectivity index (χ3n) is 5.71. The molecule has 3 aromatic heterocycles. The first-order chi connectivity index (χ1) is 13.5. The van der Waals surface area contributed by atoms with E-state index in [2.05, 4.69) is 83.7 Å². The molecule has 5 rings (SSSR count). The first kappa shape index (κ1) is 16.9. The summed E-state index contributed by atoms with van der Waals surface area (Å²) in [5.74, 6) is 2.18. The number of anilines is 1. The van der Waals surface area contributed by atoms with E-state index < -0.39 is 0 Å². The number of aromatic nitrogens is 2. The van der Waals surface area contributed by atoms with Gasteiger partial charge in [0.25, 0.3) is 6.85 Å². The minimum atomic E-state index is 0.193. The zero-order valence-electron chi connectivity index (χ0n) is 16.6. The lowest BCUT2D eigenvalue weighted by atomic mass is 9.61. The standard InChI is InChI=1S/C23H22BN3O/c1-15-10-11-19-20-13-27(24(4)12-22(20)28-23(19)25-15)21-14-26(17(3)16(21)2)18-8-6-5-7-9-18/h5-14H,1-4H3. The van der Waals surface area contributed by atoms with Gasteiger partial charge >= 0.3 is 0 Å². The van der Waals surface area contributed by atoms with Crippen LogP contribution in [-0.2, 0) is 0 Å². The Bertz CT molecular complexity index is 1320. The van der Waals surface area contributed by atoms with Crippen molar-refractivity contribution in [2.75, 3.05) is 4.81 Å². The highest BCUT2D eigenvalue weighted by atomic mass is 16.3. The van der Waals surface area contributed by atoms with Crippen LogP contribution in [0.4, 0.5) is 5.69 Å². The quantitative estimate of drug-likeness (QED) is 0.506. The minimum absolute atomic E-state index is 0.193. The highest BCUT2D eigenvalue weighted by Crippen LogP contribution is 2.29. The van der Waals surface area contributed by atoms with E-state index in [9.17, 15) is 0 Å². The third kappa shape index (κ3) is 2.50. The van der Waals surface area contributed by atoms with Gasteiger partial charge in [-0.2, -0.15) is 0 Å².